The molecule has 0 aliphatic heterocycles. The minimum absolute atomic E-state index is 0.0481. The van der Waals surface area contributed by atoms with Gasteiger partial charge in [0, 0.05) is 5.69 Å². The zero-order chi connectivity index (χ0) is 17.4. The van der Waals surface area contributed by atoms with E-state index in [-0.39, 0.29) is 10.7 Å². The zero-order valence-electron chi connectivity index (χ0n) is 13.4. The van der Waals surface area contributed by atoms with E-state index in [1.165, 1.54) is 23.8 Å². The molecule has 0 heterocycles. The van der Waals surface area contributed by atoms with Gasteiger partial charge in [0.05, 0.1) is 5.56 Å². The number of hydrogen-bond acceptors (Lipinski definition) is 2. The first-order chi connectivity index (χ1) is 11.6. The summed E-state index contributed by atoms with van der Waals surface area (Å²) in [5, 5.41) is 3.18. The molecule has 4 nitrogen and oxygen atoms in total. The van der Waals surface area contributed by atoms with Gasteiger partial charge in [0.25, 0.3) is 5.91 Å². The molecule has 126 valence electrons. The number of unbranched alkanes of at least 4 members (excludes halogenated alkanes) is 1. The van der Waals surface area contributed by atoms with Gasteiger partial charge in [0.15, 0.2) is 5.11 Å². The van der Waals surface area contributed by atoms with Gasteiger partial charge in [0.2, 0.25) is 0 Å². The maximum atomic E-state index is 13.5. The molecule has 0 spiro atoms. The van der Waals surface area contributed by atoms with Gasteiger partial charge in [-0.2, -0.15) is 0 Å². The largest absolute Gasteiger partial charge is 0.331 e. The lowest BCUT2D eigenvalue weighted by molar-refractivity contribution is 0.0940. The molecule has 0 atom stereocenters. The van der Waals surface area contributed by atoms with Crippen molar-refractivity contribution >= 4 is 28.9 Å². The van der Waals surface area contributed by atoms with Crippen LogP contribution in [0, 0.1) is 5.82 Å². The van der Waals surface area contributed by atoms with Crippen LogP contribution < -0.4 is 16.2 Å². The molecule has 0 fully saturated rings. The van der Waals surface area contributed by atoms with E-state index in [2.05, 4.69) is 23.1 Å². The van der Waals surface area contributed by atoms with E-state index in [1.807, 2.05) is 24.3 Å². The van der Waals surface area contributed by atoms with Crippen LogP contribution in [0.2, 0.25) is 0 Å². The van der Waals surface area contributed by atoms with Crippen molar-refractivity contribution in [3.63, 3.8) is 0 Å². The summed E-state index contributed by atoms with van der Waals surface area (Å²) in [5.41, 5.74) is 6.96. The second-order valence-electron chi connectivity index (χ2n) is 5.31. The van der Waals surface area contributed by atoms with Crippen LogP contribution >= 0.6 is 12.2 Å². The SMILES string of the molecule is CCCCc1ccc(NC(=S)NNC(=O)c2ccccc2F)cc1. The molecule has 2 aromatic rings. The number of aryl methyl sites for hydroxylation is 1. The zero-order valence-corrected chi connectivity index (χ0v) is 14.3. The predicted molar refractivity (Wildman–Crippen MR) is 98.3 cm³/mol. The van der Waals surface area contributed by atoms with Gasteiger partial charge in [-0.25, -0.2) is 4.39 Å². The summed E-state index contributed by atoms with van der Waals surface area (Å²) in [6, 6.07) is 13.7. The van der Waals surface area contributed by atoms with Gasteiger partial charge in [-0.15, -0.1) is 0 Å². The monoisotopic (exact) mass is 345 g/mol. The molecule has 0 unspecified atom stereocenters. The van der Waals surface area contributed by atoms with E-state index in [0.717, 1.165) is 24.9 Å². The third kappa shape index (κ3) is 5.31. The molecule has 0 radical (unpaired) electrons. The fourth-order valence-corrected chi connectivity index (χ4v) is 2.29. The van der Waals surface area contributed by atoms with E-state index in [1.54, 1.807) is 6.07 Å². The summed E-state index contributed by atoms with van der Waals surface area (Å²) < 4.78 is 13.5. The summed E-state index contributed by atoms with van der Waals surface area (Å²) >= 11 is 5.11. The van der Waals surface area contributed by atoms with E-state index >= 15 is 0 Å². The highest BCUT2D eigenvalue weighted by atomic mass is 32.1. The Labute approximate surface area is 146 Å². The van der Waals surface area contributed by atoms with Crippen molar-refractivity contribution in [2.45, 2.75) is 26.2 Å². The van der Waals surface area contributed by atoms with Gasteiger partial charge in [0.1, 0.15) is 5.82 Å². The first kappa shape index (κ1) is 17.9. The molecule has 0 aromatic heterocycles. The molecule has 0 aliphatic carbocycles. The Bertz CT molecular complexity index is 704. The lowest BCUT2D eigenvalue weighted by Gasteiger charge is -2.12. The van der Waals surface area contributed by atoms with Gasteiger partial charge in [-0.1, -0.05) is 37.6 Å². The molecule has 0 saturated heterocycles. The number of amides is 1. The van der Waals surface area contributed by atoms with Crippen molar-refractivity contribution in [2.75, 3.05) is 5.32 Å². The molecule has 0 aliphatic rings. The van der Waals surface area contributed by atoms with Gasteiger partial charge in [-0.3, -0.25) is 15.6 Å². The molecule has 6 heteroatoms. The Hall–Kier alpha value is -2.47. The van der Waals surface area contributed by atoms with Crippen LogP contribution in [0.3, 0.4) is 0 Å². The average molecular weight is 345 g/mol. The number of carbonyl (C=O) groups excluding carboxylic acids is 1. The predicted octanol–water partition coefficient (Wildman–Crippen LogP) is 3.80. The highest BCUT2D eigenvalue weighted by Crippen LogP contribution is 2.11. The lowest BCUT2D eigenvalue weighted by Crippen LogP contribution is -2.44. The third-order valence-corrected chi connectivity index (χ3v) is 3.64. The number of anilines is 1. The maximum absolute atomic E-state index is 13.5. The number of halogens is 1. The van der Waals surface area contributed by atoms with Crippen LogP contribution in [-0.4, -0.2) is 11.0 Å². The Morgan fingerprint density at radius 1 is 1.08 bits per heavy atom. The summed E-state index contributed by atoms with van der Waals surface area (Å²) in [6.07, 6.45) is 3.38. The van der Waals surface area contributed by atoms with Crippen LogP contribution in [0.25, 0.3) is 0 Å². The van der Waals surface area contributed by atoms with Gasteiger partial charge in [-0.05, 0) is 54.9 Å². The van der Waals surface area contributed by atoms with Crippen molar-refractivity contribution in [3.05, 3.63) is 65.5 Å². The van der Waals surface area contributed by atoms with Crippen molar-refractivity contribution in [3.8, 4) is 0 Å². The number of nitrogens with one attached hydrogen (secondary N) is 3. The fourth-order valence-electron chi connectivity index (χ4n) is 2.12. The topological polar surface area (TPSA) is 53.2 Å². The normalized spacial score (nSPS) is 10.1. The van der Waals surface area contributed by atoms with Gasteiger partial charge < -0.3 is 5.32 Å². The molecule has 2 rings (SSSR count). The van der Waals surface area contributed by atoms with Crippen molar-refractivity contribution in [1.29, 1.82) is 0 Å². The van der Waals surface area contributed by atoms with Crippen LogP contribution in [0.15, 0.2) is 48.5 Å². The summed E-state index contributed by atoms with van der Waals surface area (Å²) in [6.45, 7) is 2.16. The number of carbonyl (C=O) groups is 1. The van der Waals surface area contributed by atoms with E-state index in [0.29, 0.717) is 0 Å². The molecular weight excluding hydrogens is 325 g/mol. The second kappa shape index (κ2) is 8.98. The minimum Gasteiger partial charge on any atom is -0.331 e. The minimum atomic E-state index is -0.591. The number of rotatable bonds is 5. The maximum Gasteiger partial charge on any atom is 0.272 e. The van der Waals surface area contributed by atoms with Gasteiger partial charge >= 0.3 is 0 Å². The summed E-state index contributed by atoms with van der Waals surface area (Å²) in [4.78, 5) is 11.9. The Morgan fingerprint density at radius 2 is 1.79 bits per heavy atom. The highest BCUT2D eigenvalue weighted by Gasteiger charge is 2.10. The fraction of sp³-hybridized carbons (Fsp3) is 0.222. The Balaban J connectivity index is 1.83. The van der Waals surface area contributed by atoms with Crippen molar-refractivity contribution in [1.82, 2.24) is 10.9 Å². The number of thiocarbonyl (C=S) groups is 1. The summed E-state index contributed by atoms with van der Waals surface area (Å²) in [7, 11) is 0. The lowest BCUT2D eigenvalue weighted by atomic mass is 10.1. The molecule has 2 aromatic carbocycles. The van der Waals surface area contributed by atoms with Crippen LogP contribution in [0.4, 0.5) is 10.1 Å². The molecule has 1 amide bonds. The van der Waals surface area contributed by atoms with Crippen LogP contribution in [-0.2, 0) is 6.42 Å². The second-order valence-corrected chi connectivity index (χ2v) is 5.72. The Kier molecular flexibility index (Phi) is 6.69. The van der Waals surface area contributed by atoms with Crippen molar-refractivity contribution < 1.29 is 9.18 Å². The van der Waals surface area contributed by atoms with E-state index in [9.17, 15) is 9.18 Å². The average Bonchev–Trinajstić information content (AvgIpc) is 2.59. The quantitative estimate of drug-likeness (QED) is 0.570. The van der Waals surface area contributed by atoms with Crippen LogP contribution in [0.1, 0.15) is 35.7 Å². The van der Waals surface area contributed by atoms with Crippen LogP contribution in [0.5, 0.6) is 0 Å². The first-order valence-electron chi connectivity index (χ1n) is 7.81. The molecule has 3 N–H and O–H groups in total. The molecule has 24 heavy (non-hydrogen) atoms. The molecule has 0 saturated carbocycles. The Morgan fingerprint density at radius 3 is 2.46 bits per heavy atom. The highest BCUT2D eigenvalue weighted by molar-refractivity contribution is 7.80. The summed E-state index contributed by atoms with van der Waals surface area (Å²) in [5.74, 6) is -1.18. The number of hydrazine groups is 1. The van der Waals surface area contributed by atoms with E-state index < -0.39 is 11.7 Å². The first-order valence-corrected chi connectivity index (χ1v) is 8.21. The smallest absolute Gasteiger partial charge is 0.272 e. The standard InChI is InChI=1S/C18H20FN3OS/c1-2-3-6-13-9-11-14(12-10-13)20-18(24)22-21-17(23)15-7-4-5-8-16(15)19/h4-5,7-12H,2-3,6H2,1H3,(H,21,23)(H2,20,22,24). The number of hydrogen-bond donors (Lipinski definition) is 3. The van der Waals surface area contributed by atoms with E-state index in [4.69, 9.17) is 12.2 Å². The number of benzene rings is 2. The molecular formula is C18H20FN3OS. The molecule has 0 bridgehead atoms. The van der Waals surface area contributed by atoms with Crippen molar-refractivity contribution in [2.24, 2.45) is 0 Å². The third-order valence-electron chi connectivity index (χ3n) is 3.44.